The zero-order chi connectivity index (χ0) is 18.6. The first-order valence-corrected chi connectivity index (χ1v) is 10.4. The van der Waals surface area contributed by atoms with E-state index in [1.54, 1.807) is 17.5 Å². The maximum absolute atomic E-state index is 12.6. The quantitative estimate of drug-likeness (QED) is 0.705. The summed E-state index contributed by atoms with van der Waals surface area (Å²) in [6.07, 6.45) is 4.44. The monoisotopic (exact) mass is 400 g/mol. The number of carbonyl (C=O) groups is 1. The van der Waals surface area contributed by atoms with Gasteiger partial charge >= 0.3 is 0 Å². The lowest BCUT2D eigenvalue weighted by atomic mass is 9.97. The minimum absolute atomic E-state index is 0.00929. The Balaban J connectivity index is 1.34. The molecule has 5 nitrogen and oxygen atoms in total. The van der Waals surface area contributed by atoms with Crippen molar-refractivity contribution in [1.82, 2.24) is 15.3 Å². The largest absolute Gasteiger partial charge is 0.355 e. The number of halogens is 1. The van der Waals surface area contributed by atoms with Gasteiger partial charge in [-0.05, 0) is 43.0 Å². The van der Waals surface area contributed by atoms with Crippen molar-refractivity contribution in [2.75, 3.05) is 24.5 Å². The van der Waals surface area contributed by atoms with Crippen molar-refractivity contribution in [1.29, 1.82) is 0 Å². The minimum Gasteiger partial charge on any atom is -0.355 e. The zero-order valence-corrected chi connectivity index (χ0v) is 16.5. The molecule has 1 aliphatic rings. The van der Waals surface area contributed by atoms with Crippen LogP contribution in [-0.4, -0.2) is 35.5 Å². The lowest BCUT2D eigenvalue weighted by Gasteiger charge is -2.31. The molecule has 1 fully saturated rings. The fourth-order valence-electron chi connectivity index (χ4n) is 3.42. The van der Waals surface area contributed by atoms with Crippen LogP contribution in [0, 0.1) is 5.92 Å². The Morgan fingerprint density at radius 1 is 1.30 bits per heavy atom. The van der Waals surface area contributed by atoms with E-state index < -0.39 is 0 Å². The highest BCUT2D eigenvalue weighted by Crippen LogP contribution is 2.30. The van der Waals surface area contributed by atoms with Gasteiger partial charge in [-0.15, -0.1) is 0 Å². The molecule has 3 aromatic rings. The minimum atomic E-state index is -0.00929. The molecule has 1 amide bonds. The third kappa shape index (κ3) is 4.22. The SMILES string of the molecule is O=C(NCCc1ccccc1Cl)C1CCCN(c2nc3cccnc3s2)C1. The molecular formula is C20H21ClN4OS. The molecule has 1 unspecified atom stereocenters. The molecule has 1 N–H and O–H groups in total. The topological polar surface area (TPSA) is 58.1 Å². The average molecular weight is 401 g/mol. The van der Waals surface area contributed by atoms with Crippen molar-refractivity contribution in [2.24, 2.45) is 5.92 Å². The lowest BCUT2D eigenvalue weighted by molar-refractivity contribution is -0.125. The molecule has 1 atom stereocenters. The van der Waals surface area contributed by atoms with E-state index in [1.165, 1.54) is 0 Å². The molecule has 3 heterocycles. The zero-order valence-electron chi connectivity index (χ0n) is 14.9. The number of rotatable bonds is 5. The number of fused-ring (bicyclic) bond motifs is 1. The van der Waals surface area contributed by atoms with Gasteiger partial charge in [-0.2, -0.15) is 0 Å². The summed E-state index contributed by atoms with van der Waals surface area (Å²) in [7, 11) is 0. The van der Waals surface area contributed by atoms with Gasteiger partial charge in [0.15, 0.2) is 5.13 Å². The van der Waals surface area contributed by atoms with E-state index in [2.05, 4.69) is 20.2 Å². The number of anilines is 1. The lowest BCUT2D eigenvalue weighted by Crippen LogP contribution is -2.43. The van der Waals surface area contributed by atoms with Crippen molar-refractivity contribution in [3.05, 3.63) is 53.2 Å². The number of aromatic nitrogens is 2. The molecule has 7 heteroatoms. The highest BCUT2D eigenvalue weighted by atomic mass is 35.5. The molecule has 1 saturated heterocycles. The summed E-state index contributed by atoms with van der Waals surface area (Å²) < 4.78 is 0. The second-order valence-corrected chi connectivity index (χ2v) is 8.10. The maximum atomic E-state index is 12.6. The van der Waals surface area contributed by atoms with Crippen molar-refractivity contribution in [3.8, 4) is 0 Å². The van der Waals surface area contributed by atoms with Gasteiger partial charge in [0.2, 0.25) is 5.91 Å². The van der Waals surface area contributed by atoms with Gasteiger partial charge < -0.3 is 10.2 Å². The fraction of sp³-hybridized carbons (Fsp3) is 0.350. The Hall–Kier alpha value is -2.18. The average Bonchev–Trinajstić information content (AvgIpc) is 3.14. The molecule has 27 heavy (non-hydrogen) atoms. The second-order valence-electron chi connectivity index (χ2n) is 6.74. The van der Waals surface area contributed by atoms with E-state index in [9.17, 15) is 4.79 Å². The summed E-state index contributed by atoms with van der Waals surface area (Å²) in [5.74, 6) is 0.107. The van der Waals surface area contributed by atoms with E-state index in [1.807, 2.05) is 36.4 Å². The number of thiazole rings is 1. The van der Waals surface area contributed by atoms with Crippen molar-refractivity contribution < 1.29 is 4.79 Å². The molecule has 1 aromatic carbocycles. The number of benzene rings is 1. The molecule has 0 aliphatic carbocycles. The van der Waals surface area contributed by atoms with Crippen LogP contribution in [-0.2, 0) is 11.2 Å². The van der Waals surface area contributed by atoms with Gasteiger partial charge in [-0.25, -0.2) is 9.97 Å². The normalized spacial score (nSPS) is 17.2. The summed E-state index contributed by atoms with van der Waals surface area (Å²) in [5.41, 5.74) is 1.98. The number of hydrogen-bond acceptors (Lipinski definition) is 5. The van der Waals surface area contributed by atoms with Crippen LogP contribution in [0.5, 0.6) is 0 Å². The van der Waals surface area contributed by atoms with E-state index in [0.29, 0.717) is 13.1 Å². The molecule has 1 aliphatic heterocycles. The van der Waals surface area contributed by atoms with Crippen LogP contribution in [0.4, 0.5) is 5.13 Å². The Morgan fingerprint density at radius 3 is 3.04 bits per heavy atom. The van der Waals surface area contributed by atoms with Crippen LogP contribution in [0.3, 0.4) is 0 Å². The van der Waals surface area contributed by atoms with E-state index in [4.69, 9.17) is 11.6 Å². The molecule has 0 spiro atoms. The molecule has 0 radical (unpaired) electrons. The predicted octanol–water partition coefficient (Wildman–Crippen LogP) is 3.92. The first-order chi connectivity index (χ1) is 13.2. The Kier molecular flexibility index (Phi) is 5.55. The number of piperidine rings is 1. The molecular weight excluding hydrogens is 380 g/mol. The van der Waals surface area contributed by atoms with Crippen LogP contribution in [0.1, 0.15) is 18.4 Å². The first-order valence-electron chi connectivity index (χ1n) is 9.18. The van der Waals surface area contributed by atoms with E-state index >= 15 is 0 Å². The van der Waals surface area contributed by atoms with Gasteiger partial charge in [-0.3, -0.25) is 4.79 Å². The number of amides is 1. The van der Waals surface area contributed by atoms with Crippen molar-refractivity contribution in [2.45, 2.75) is 19.3 Å². The number of nitrogens with zero attached hydrogens (tertiary/aromatic N) is 3. The van der Waals surface area contributed by atoms with Gasteiger partial charge in [0, 0.05) is 30.9 Å². The van der Waals surface area contributed by atoms with Gasteiger partial charge in [0.1, 0.15) is 10.3 Å². The van der Waals surface area contributed by atoms with Crippen LogP contribution < -0.4 is 10.2 Å². The summed E-state index contributed by atoms with van der Waals surface area (Å²) in [4.78, 5) is 24.8. The highest BCUT2D eigenvalue weighted by Gasteiger charge is 2.27. The van der Waals surface area contributed by atoms with Crippen LogP contribution in [0.2, 0.25) is 5.02 Å². The first kappa shape index (κ1) is 18.2. The summed E-state index contributed by atoms with van der Waals surface area (Å²) in [6, 6.07) is 11.6. The van der Waals surface area contributed by atoms with Gasteiger partial charge in [0.05, 0.1) is 5.92 Å². The smallest absolute Gasteiger partial charge is 0.224 e. The molecule has 0 bridgehead atoms. The molecule has 0 saturated carbocycles. The number of carbonyl (C=O) groups excluding carboxylic acids is 1. The Bertz CT molecular complexity index is 911. The second kappa shape index (κ2) is 8.23. The van der Waals surface area contributed by atoms with Gasteiger partial charge in [0.25, 0.3) is 0 Å². The Labute approximate surface area is 167 Å². The molecule has 4 rings (SSSR count). The number of pyridine rings is 1. The van der Waals surface area contributed by atoms with E-state index in [0.717, 1.165) is 51.9 Å². The third-order valence-corrected chi connectivity index (χ3v) is 6.28. The van der Waals surface area contributed by atoms with Crippen LogP contribution in [0.15, 0.2) is 42.6 Å². The van der Waals surface area contributed by atoms with Gasteiger partial charge in [-0.1, -0.05) is 41.1 Å². The molecule has 140 valence electrons. The van der Waals surface area contributed by atoms with E-state index in [-0.39, 0.29) is 11.8 Å². The number of hydrogen-bond donors (Lipinski definition) is 1. The maximum Gasteiger partial charge on any atom is 0.224 e. The summed E-state index contributed by atoms with van der Waals surface area (Å²) in [5, 5.41) is 4.78. The Morgan fingerprint density at radius 2 is 2.19 bits per heavy atom. The van der Waals surface area contributed by atoms with Crippen molar-refractivity contribution in [3.63, 3.8) is 0 Å². The highest BCUT2D eigenvalue weighted by molar-refractivity contribution is 7.21. The predicted molar refractivity (Wildman–Crippen MR) is 111 cm³/mol. The summed E-state index contributed by atoms with van der Waals surface area (Å²) >= 11 is 7.77. The molecule has 2 aromatic heterocycles. The number of nitrogens with one attached hydrogen (secondary N) is 1. The van der Waals surface area contributed by atoms with Crippen LogP contribution in [0.25, 0.3) is 10.3 Å². The van der Waals surface area contributed by atoms with Crippen LogP contribution >= 0.6 is 22.9 Å². The third-order valence-electron chi connectivity index (χ3n) is 4.87. The van der Waals surface area contributed by atoms with Crippen molar-refractivity contribution >= 4 is 44.3 Å². The fourth-order valence-corrected chi connectivity index (χ4v) is 4.60. The standard InChI is InChI=1S/C20H21ClN4OS/c21-16-7-2-1-5-14(16)9-11-22-18(26)15-6-4-12-25(13-15)20-24-17-8-3-10-23-19(17)27-20/h1-3,5,7-8,10,15H,4,6,9,11-13H2,(H,22,26). The summed E-state index contributed by atoms with van der Waals surface area (Å²) in [6.45, 7) is 2.24.